The average molecular weight is 394 g/mol. The highest BCUT2D eigenvalue weighted by atomic mass is 32.1. The standard InChI is InChI=1S/C22H23N3O2S/c1-2-27-20-11-7-6-10-19(20)24-12-14-25(15-13-24)22(26)18-16-28-21(23-18)17-8-4-3-5-9-17/h3-11,16H,2,12-15H2,1H3. The Labute approximate surface area is 169 Å². The second kappa shape index (κ2) is 8.44. The number of thiazole rings is 1. The highest BCUT2D eigenvalue weighted by molar-refractivity contribution is 7.13. The van der Waals surface area contributed by atoms with Crippen molar-refractivity contribution in [1.82, 2.24) is 9.88 Å². The summed E-state index contributed by atoms with van der Waals surface area (Å²) in [4.78, 5) is 21.6. The van der Waals surface area contributed by atoms with Crippen molar-refractivity contribution in [2.24, 2.45) is 0 Å². The molecule has 3 aromatic rings. The van der Waals surface area contributed by atoms with Gasteiger partial charge in [-0.2, -0.15) is 0 Å². The third-order valence-electron chi connectivity index (χ3n) is 4.82. The van der Waals surface area contributed by atoms with E-state index in [9.17, 15) is 4.79 Å². The van der Waals surface area contributed by atoms with Gasteiger partial charge in [-0.15, -0.1) is 11.3 Å². The molecule has 2 aromatic carbocycles. The van der Waals surface area contributed by atoms with Crippen LogP contribution in [0.3, 0.4) is 0 Å². The molecule has 0 unspecified atom stereocenters. The zero-order valence-corrected chi connectivity index (χ0v) is 16.7. The van der Waals surface area contributed by atoms with Gasteiger partial charge in [0.2, 0.25) is 0 Å². The van der Waals surface area contributed by atoms with E-state index in [0.717, 1.165) is 35.1 Å². The van der Waals surface area contributed by atoms with Crippen LogP contribution < -0.4 is 9.64 Å². The van der Waals surface area contributed by atoms with Gasteiger partial charge in [-0.1, -0.05) is 42.5 Å². The number of carbonyl (C=O) groups is 1. The summed E-state index contributed by atoms with van der Waals surface area (Å²) < 4.78 is 5.75. The first kappa shape index (κ1) is 18.5. The maximum Gasteiger partial charge on any atom is 0.273 e. The Bertz CT molecular complexity index is 934. The number of benzene rings is 2. The quantitative estimate of drug-likeness (QED) is 0.653. The second-order valence-corrected chi connectivity index (χ2v) is 7.44. The van der Waals surface area contributed by atoms with Crippen LogP contribution in [0.4, 0.5) is 5.69 Å². The van der Waals surface area contributed by atoms with Gasteiger partial charge in [0.1, 0.15) is 16.5 Å². The Morgan fingerprint density at radius 2 is 1.75 bits per heavy atom. The molecule has 0 bridgehead atoms. The number of amides is 1. The first-order chi connectivity index (χ1) is 13.8. The van der Waals surface area contributed by atoms with Gasteiger partial charge >= 0.3 is 0 Å². The first-order valence-electron chi connectivity index (χ1n) is 9.53. The van der Waals surface area contributed by atoms with Gasteiger partial charge in [0.05, 0.1) is 12.3 Å². The van der Waals surface area contributed by atoms with E-state index in [1.54, 1.807) is 0 Å². The number of rotatable bonds is 5. The highest BCUT2D eigenvalue weighted by Gasteiger charge is 2.25. The minimum Gasteiger partial charge on any atom is -0.492 e. The number of anilines is 1. The number of piperazine rings is 1. The number of ether oxygens (including phenoxy) is 1. The molecule has 1 amide bonds. The van der Waals surface area contributed by atoms with Crippen LogP contribution in [0.15, 0.2) is 60.0 Å². The summed E-state index contributed by atoms with van der Waals surface area (Å²) in [5, 5.41) is 2.75. The lowest BCUT2D eigenvalue weighted by Gasteiger charge is -2.36. The molecule has 0 spiro atoms. The van der Waals surface area contributed by atoms with E-state index in [4.69, 9.17) is 4.74 Å². The summed E-state index contributed by atoms with van der Waals surface area (Å²) in [6.45, 7) is 5.56. The van der Waals surface area contributed by atoms with Crippen LogP contribution in [-0.4, -0.2) is 48.6 Å². The van der Waals surface area contributed by atoms with Gasteiger partial charge in [-0.3, -0.25) is 4.79 Å². The van der Waals surface area contributed by atoms with Gasteiger partial charge in [-0.25, -0.2) is 4.98 Å². The summed E-state index contributed by atoms with van der Waals surface area (Å²) in [6.07, 6.45) is 0. The number of hydrogen-bond donors (Lipinski definition) is 0. The van der Waals surface area contributed by atoms with E-state index in [-0.39, 0.29) is 5.91 Å². The summed E-state index contributed by atoms with van der Waals surface area (Å²) in [5.41, 5.74) is 2.67. The lowest BCUT2D eigenvalue weighted by atomic mass is 10.2. The van der Waals surface area contributed by atoms with Crippen LogP contribution in [0.2, 0.25) is 0 Å². The van der Waals surface area contributed by atoms with Crippen LogP contribution in [0.5, 0.6) is 5.75 Å². The molecule has 1 aliphatic heterocycles. The predicted octanol–water partition coefficient (Wildman–Crippen LogP) is 4.17. The van der Waals surface area contributed by atoms with Crippen LogP contribution in [0.25, 0.3) is 10.6 Å². The van der Waals surface area contributed by atoms with Crippen LogP contribution in [0, 0.1) is 0 Å². The number of para-hydroxylation sites is 2. The Morgan fingerprint density at radius 3 is 2.50 bits per heavy atom. The molecule has 1 fully saturated rings. The molecular formula is C22H23N3O2S. The monoisotopic (exact) mass is 393 g/mol. The zero-order valence-electron chi connectivity index (χ0n) is 15.9. The molecule has 0 radical (unpaired) electrons. The molecule has 1 aliphatic rings. The lowest BCUT2D eigenvalue weighted by Crippen LogP contribution is -2.49. The van der Waals surface area contributed by atoms with E-state index in [1.807, 2.05) is 65.7 Å². The van der Waals surface area contributed by atoms with Crippen molar-refractivity contribution in [1.29, 1.82) is 0 Å². The van der Waals surface area contributed by atoms with E-state index in [1.165, 1.54) is 11.3 Å². The average Bonchev–Trinajstić information content (AvgIpc) is 3.25. The summed E-state index contributed by atoms with van der Waals surface area (Å²) in [7, 11) is 0. The smallest absolute Gasteiger partial charge is 0.273 e. The minimum absolute atomic E-state index is 0.0103. The van der Waals surface area contributed by atoms with Crippen molar-refractivity contribution in [3.63, 3.8) is 0 Å². The molecule has 144 valence electrons. The van der Waals surface area contributed by atoms with Crippen molar-refractivity contribution >= 4 is 22.9 Å². The fourth-order valence-electron chi connectivity index (χ4n) is 3.39. The molecule has 0 atom stereocenters. The maximum absolute atomic E-state index is 12.9. The van der Waals surface area contributed by atoms with E-state index in [0.29, 0.717) is 25.4 Å². The second-order valence-electron chi connectivity index (χ2n) is 6.58. The Balaban J connectivity index is 1.42. The van der Waals surface area contributed by atoms with Crippen molar-refractivity contribution in [2.75, 3.05) is 37.7 Å². The molecular weight excluding hydrogens is 370 g/mol. The molecule has 5 nitrogen and oxygen atoms in total. The minimum atomic E-state index is 0.0103. The fourth-order valence-corrected chi connectivity index (χ4v) is 4.19. The van der Waals surface area contributed by atoms with Crippen LogP contribution in [-0.2, 0) is 0 Å². The molecule has 0 N–H and O–H groups in total. The molecule has 6 heteroatoms. The first-order valence-corrected chi connectivity index (χ1v) is 10.4. The summed E-state index contributed by atoms with van der Waals surface area (Å²) >= 11 is 1.51. The zero-order chi connectivity index (χ0) is 19.3. The number of aromatic nitrogens is 1. The van der Waals surface area contributed by atoms with Gasteiger partial charge in [0.15, 0.2) is 0 Å². The normalized spacial score (nSPS) is 14.2. The fraction of sp³-hybridized carbons (Fsp3) is 0.273. The van der Waals surface area contributed by atoms with Crippen molar-refractivity contribution in [3.8, 4) is 16.3 Å². The Hall–Kier alpha value is -2.86. The van der Waals surface area contributed by atoms with E-state index in [2.05, 4.69) is 16.0 Å². The van der Waals surface area contributed by atoms with Gasteiger partial charge in [0.25, 0.3) is 5.91 Å². The van der Waals surface area contributed by atoms with Crippen molar-refractivity contribution in [2.45, 2.75) is 6.92 Å². The van der Waals surface area contributed by atoms with Gasteiger partial charge in [0, 0.05) is 37.1 Å². The molecule has 4 rings (SSSR count). The highest BCUT2D eigenvalue weighted by Crippen LogP contribution is 2.29. The van der Waals surface area contributed by atoms with E-state index >= 15 is 0 Å². The molecule has 0 aliphatic carbocycles. The van der Waals surface area contributed by atoms with Crippen LogP contribution in [0.1, 0.15) is 17.4 Å². The number of nitrogens with zero attached hydrogens (tertiary/aromatic N) is 3. The molecule has 0 saturated carbocycles. The lowest BCUT2D eigenvalue weighted by molar-refractivity contribution is 0.0741. The number of carbonyl (C=O) groups excluding carboxylic acids is 1. The number of hydrogen-bond acceptors (Lipinski definition) is 5. The third-order valence-corrected chi connectivity index (χ3v) is 5.71. The molecule has 1 saturated heterocycles. The van der Waals surface area contributed by atoms with Crippen LogP contribution >= 0.6 is 11.3 Å². The van der Waals surface area contributed by atoms with Crippen molar-refractivity contribution < 1.29 is 9.53 Å². The maximum atomic E-state index is 12.9. The van der Waals surface area contributed by atoms with E-state index < -0.39 is 0 Å². The topological polar surface area (TPSA) is 45.7 Å². The predicted molar refractivity (Wildman–Crippen MR) is 113 cm³/mol. The SMILES string of the molecule is CCOc1ccccc1N1CCN(C(=O)c2csc(-c3ccccc3)n2)CC1. The molecule has 2 heterocycles. The summed E-state index contributed by atoms with van der Waals surface area (Å²) in [6, 6.07) is 18.1. The Kier molecular flexibility index (Phi) is 5.58. The molecule has 28 heavy (non-hydrogen) atoms. The van der Waals surface area contributed by atoms with Gasteiger partial charge in [-0.05, 0) is 19.1 Å². The Morgan fingerprint density at radius 1 is 1.04 bits per heavy atom. The van der Waals surface area contributed by atoms with Gasteiger partial charge < -0.3 is 14.5 Å². The third kappa shape index (κ3) is 3.87. The molecule has 1 aromatic heterocycles. The van der Waals surface area contributed by atoms with Crippen molar-refractivity contribution in [3.05, 3.63) is 65.7 Å². The summed E-state index contributed by atoms with van der Waals surface area (Å²) in [5.74, 6) is 0.910. The largest absolute Gasteiger partial charge is 0.492 e.